The molecule has 57 heavy (non-hydrogen) atoms. The van der Waals surface area contributed by atoms with E-state index < -0.39 is 48.4 Å². The monoisotopic (exact) mass is 806 g/mol. The highest BCUT2D eigenvalue weighted by Gasteiger charge is 2.43. The molecule has 4 N–H and O–H groups in total. The molecule has 1 aromatic carbocycles. The lowest BCUT2D eigenvalue weighted by Gasteiger charge is -2.41. The molecule has 1 saturated heterocycles. The van der Waals surface area contributed by atoms with E-state index in [0.29, 0.717) is 31.7 Å². The van der Waals surface area contributed by atoms with Crippen LogP contribution in [0.4, 0.5) is 0 Å². The van der Waals surface area contributed by atoms with Gasteiger partial charge in [-0.1, -0.05) is 85.2 Å². The Balaban J connectivity index is 2.24. The van der Waals surface area contributed by atoms with Gasteiger partial charge in [0.05, 0.1) is 74.6 Å². The average Bonchev–Trinajstić information content (AvgIpc) is 3.67. The van der Waals surface area contributed by atoms with Crippen molar-refractivity contribution < 1.29 is 43.6 Å². The molecule has 14 nitrogen and oxygen atoms in total. The van der Waals surface area contributed by atoms with Crippen LogP contribution in [0.3, 0.4) is 0 Å². The van der Waals surface area contributed by atoms with Gasteiger partial charge in [0.2, 0.25) is 23.6 Å². The molecule has 0 unspecified atom stereocenters. The van der Waals surface area contributed by atoms with E-state index in [2.05, 4.69) is 10.6 Å². The van der Waals surface area contributed by atoms with Crippen molar-refractivity contribution in [3.8, 4) is 0 Å². The van der Waals surface area contributed by atoms with E-state index in [1.54, 1.807) is 44.9 Å². The summed E-state index contributed by atoms with van der Waals surface area (Å²) in [7, 11) is 6.67. The third kappa shape index (κ3) is 14.0. The lowest BCUT2D eigenvalue weighted by atomic mass is 9.89. The number of aliphatic hydroxyl groups excluding tert-OH is 2. The van der Waals surface area contributed by atoms with Crippen molar-refractivity contribution in [3.63, 3.8) is 0 Å². The highest BCUT2D eigenvalue weighted by molar-refractivity contribution is 5.90. The largest absolute Gasteiger partial charge is 0.394 e. The molecule has 14 heteroatoms. The van der Waals surface area contributed by atoms with E-state index in [0.717, 1.165) is 12.8 Å². The molecule has 0 spiro atoms. The number of methoxy groups -OCH3 is 2. The van der Waals surface area contributed by atoms with Crippen molar-refractivity contribution in [1.29, 1.82) is 0 Å². The van der Waals surface area contributed by atoms with Gasteiger partial charge in [-0.3, -0.25) is 24.1 Å². The van der Waals surface area contributed by atoms with E-state index in [1.165, 1.54) is 0 Å². The van der Waals surface area contributed by atoms with Crippen LogP contribution in [0.25, 0.3) is 0 Å². The standard InChI is InChI=1S/C43H75N5O9/c1-13-29(6)38(47(10)43(54)36(27(2)3)45-42(53)37(28(4)5)46(9)22-24-57-25-23-49)34(55-11)26-35(50)48-21-17-20-33(48)40(56-12)30(7)41(52)44-31(8)39(51)32-18-15-14-16-19-32/h14-16,18-19,27-31,33-34,36-40,49,51H,13,17,20-26H2,1-12H3,(H,44,52)(H,45,53)/t29-,30+,31+,33-,34+,36-,37-,38-,39+,40+/m0/s1. The van der Waals surface area contributed by atoms with Crippen molar-refractivity contribution >= 4 is 23.6 Å². The van der Waals surface area contributed by atoms with Crippen LogP contribution in [0.15, 0.2) is 30.3 Å². The fraction of sp³-hybridized carbons (Fsp3) is 0.767. The summed E-state index contributed by atoms with van der Waals surface area (Å²) in [5.41, 5.74) is 0.703. The summed E-state index contributed by atoms with van der Waals surface area (Å²) in [5.74, 6) is -1.90. The van der Waals surface area contributed by atoms with Crippen LogP contribution in [-0.4, -0.2) is 152 Å². The number of benzene rings is 1. The molecule has 0 bridgehead atoms. The van der Waals surface area contributed by atoms with E-state index in [9.17, 15) is 24.3 Å². The van der Waals surface area contributed by atoms with Crippen LogP contribution in [0.1, 0.15) is 92.7 Å². The molecule has 1 aliphatic heterocycles. The number of aliphatic hydroxyl groups is 2. The minimum atomic E-state index is -0.887. The van der Waals surface area contributed by atoms with E-state index in [4.69, 9.17) is 19.3 Å². The molecule has 1 fully saturated rings. The van der Waals surface area contributed by atoms with Crippen LogP contribution < -0.4 is 10.6 Å². The van der Waals surface area contributed by atoms with Gasteiger partial charge in [-0.2, -0.15) is 0 Å². The smallest absolute Gasteiger partial charge is 0.245 e. The molecular formula is C43H75N5O9. The summed E-state index contributed by atoms with van der Waals surface area (Å²) in [6.07, 6.45) is 0.00162. The number of carbonyl (C=O) groups is 4. The van der Waals surface area contributed by atoms with Crippen molar-refractivity contribution in [2.75, 3.05) is 61.2 Å². The summed E-state index contributed by atoms with van der Waals surface area (Å²) in [6, 6.07) is 6.44. The second kappa shape index (κ2) is 24.7. The number of hydrogen-bond donors (Lipinski definition) is 4. The number of ether oxygens (including phenoxy) is 3. The second-order valence-corrected chi connectivity index (χ2v) is 16.5. The lowest BCUT2D eigenvalue weighted by molar-refractivity contribution is -0.148. The summed E-state index contributed by atoms with van der Waals surface area (Å²) in [5, 5.41) is 25.9. The van der Waals surface area contributed by atoms with Gasteiger partial charge in [0.1, 0.15) is 6.04 Å². The molecule has 4 amide bonds. The van der Waals surface area contributed by atoms with Gasteiger partial charge in [0, 0.05) is 34.4 Å². The zero-order valence-electron chi connectivity index (χ0n) is 36.8. The van der Waals surface area contributed by atoms with Crippen molar-refractivity contribution in [1.82, 2.24) is 25.3 Å². The normalized spacial score (nSPS) is 19.4. The average molecular weight is 806 g/mol. The summed E-state index contributed by atoms with van der Waals surface area (Å²) < 4.78 is 17.4. The van der Waals surface area contributed by atoms with Gasteiger partial charge in [-0.15, -0.1) is 0 Å². The molecule has 1 aliphatic rings. The minimum absolute atomic E-state index is 0.00815. The van der Waals surface area contributed by atoms with Gasteiger partial charge < -0.3 is 44.9 Å². The maximum absolute atomic E-state index is 14.4. The number of nitrogens with zero attached hydrogens (tertiary/aromatic N) is 3. The zero-order valence-corrected chi connectivity index (χ0v) is 36.8. The number of hydrogen-bond acceptors (Lipinski definition) is 10. The number of nitrogens with one attached hydrogen (secondary N) is 2. The highest BCUT2D eigenvalue weighted by Crippen LogP contribution is 2.30. The first-order valence-corrected chi connectivity index (χ1v) is 20.8. The number of rotatable bonds is 25. The predicted molar refractivity (Wildman–Crippen MR) is 221 cm³/mol. The predicted octanol–water partition coefficient (Wildman–Crippen LogP) is 3.25. The number of likely N-dealkylation sites (tertiary alicyclic amines) is 1. The third-order valence-electron chi connectivity index (χ3n) is 11.7. The van der Waals surface area contributed by atoms with E-state index in [-0.39, 0.29) is 67.1 Å². The van der Waals surface area contributed by atoms with E-state index >= 15 is 0 Å². The molecule has 326 valence electrons. The van der Waals surface area contributed by atoms with Crippen LogP contribution in [0.5, 0.6) is 0 Å². The second-order valence-electron chi connectivity index (χ2n) is 16.5. The van der Waals surface area contributed by atoms with E-state index in [1.807, 2.05) is 83.8 Å². The van der Waals surface area contributed by atoms with Gasteiger partial charge in [0.15, 0.2) is 0 Å². The van der Waals surface area contributed by atoms with Gasteiger partial charge >= 0.3 is 0 Å². The Bertz CT molecular complexity index is 1370. The molecular weight excluding hydrogens is 730 g/mol. The fourth-order valence-electron chi connectivity index (χ4n) is 8.18. The Kier molecular flexibility index (Phi) is 21.7. The molecule has 2 rings (SSSR count). The number of likely N-dealkylation sites (N-methyl/N-ethyl adjacent to an activating group) is 2. The Hall–Kier alpha value is -3.14. The van der Waals surface area contributed by atoms with Crippen molar-refractivity contribution in [3.05, 3.63) is 35.9 Å². The SMILES string of the molecule is CC[C@H](C)[C@@H]([C@@H](CC(=O)N1CCC[C@H]1[C@H](OC)[C@@H](C)C(=O)N[C@H](C)[C@@H](O)c1ccccc1)OC)N(C)C(=O)[C@@H](NC(=O)[C@H](C(C)C)N(C)CCOCCO)C(C)C. The molecule has 0 aromatic heterocycles. The molecule has 10 atom stereocenters. The third-order valence-corrected chi connectivity index (χ3v) is 11.7. The fourth-order valence-corrected chi connectivity index (χ4v) is 8.18. The summed E-state index contributed by atoms with van der Waals surface area (Å²) in [4.78, 5) is 61.3. The van der Waals surface area contributed by atoms with Crippen molar-refractivity contribution in [2.45, 2.75) is 130 Å². The number of carbonyl (C=O) groups excluding carboxylic acids is 4. The van der Waals surface area contributed by atoms with Crippen LogP contribution in [-0.2, 0) is 33.4 Å². The molecule has 1 aromatic rings. The maximum Gasteiger partial charge on any atom is 0.245 e. The molecule has 0 saturated carbocycles. The Morgan fingerprint density at radius 1 is 0.912 bits per heavy atom. The Labute approximate surface area is 342 Å². The maximum atomic E-state index is 14.4. The quantitative estimate of drug-likeness (QED) is 0.108. The van der Waals surface area contributed by atoms with Gasteiger partial charge in [-0.25, -0.2) is 0 Å². The summed E-state index contributed by atoms with van der Waals surface area (Å²) >= 11 is 0. The van der Waals surface area contributed by atoms with Crippen LogP contribution in [0, 0.1) is 23.7 Å². The van der Waals surface area contributed by atoms with Crippen LogP contribution >= 0.6 is 0 Å². The van der Waals surface area contributed by atoms with Crippen LogP contribution in [0.2, 0.25) is 0 Å². The first-order valence-electron chi connectivity index (χ1n) is 20.8. The summed E-state index contributed by atoms with van der Waals surface area (Å²) in [6.45, 7) is 16.8. The zero-order chi connectivity index (χ0) is 43.0. The van der Waals surface area contributed by atoms with Gasteiger partial charge in [-0.05, 0) is 50.1 Å². The Morgan fingerprint density at radius 3 is 2.11 bits per heavy atom. The Morgan fingerprint density at radius 2 is 1.56 bits per heavy atom. The van der Waals surface area contributed by atoms with Crippen molar-refractivity contribution in [2.24, 2.45) is 23.7 Å². The molecule has 0 radical (unpaired) electrons. The minimum Gasteiger partial charge on any atom is -0.394 e. The number of amides is 4. The topological polar surface area (TPSA) is 170 Å². The molecule has 1 heterocycles. The van der Waals surface area contributed by atoms with Gasteiger partial charge in [0.25, 0.3) is 0 Å². The highest BCUT2D eigenvalue weighted by atomic mass is 16.5. The first kappa shape index (κ1) is 50.0. The lowest BCUT2D eigenvalue weighted by Crippen LogP contribution is -2.60. The first-order chi connectivity index (χ1) is 27.0. The molecule has 0 aliphatic carbocycles.